The van der Waals surface area contributed by atoms with E-state index < -0.39 is 15.3 Å². The van der Waals surface area contributed by atoms with Gasteiger partial charge in [-0.05, 0) is 18.6 Å². The van der Waals surface area contributed by atoms with Gasteiger partial charge in [0.1, 0.15) is 0 Å². The average molecular weight is 239 g/mol. The number of aromatic nitrogens is 2. The summed E-state index contributed by atoms with van der Waals surface area (Å²) in [6.45, 7) is 2.38. The monoisotopic (exact) mass is 239 g/mol. The van der Waals surface area contributed by atoms with E-state index in [1.807, 2.05) is 6.92 Å². The lowest BCUT2D eigenvalue weighted by Crippen LogP contribution is -2.09. The molecule has 0 unspecified atom stereocenters. The number of imidazole rings is 1. The maximum Gasteiger partial charge on any atom is 0.215 e. The number of rotatable bonds is 3. The van der Waals surface area contributed by atoms with Gasteiger partial charge in [-0.1, -0.05) is 19.1 Å². The Morgan fingerprint density at radius 3 is 2.69 bits per heavy atom. The van der Waals surface area contributed by atoms with Gasteiger partial charge in [0.2, 0.25) is 5.16 Å². The molecule has 0 fully saturated rings. The Morgan fingerprint density at radius 1 is 1.38 bits per heavy atom. The molecule has 0 aliphatic carbocycles. The molecule has 0 radical (unpaired) electrons. The van der Waals surface area contributed by atoms with Crippen LogP contribution in [0.1, 0.15) is 13.3 Å². The molecule has 5 nitrogen and oxygen atoms in total. The van der Waals surface area contributed by atoms with Gasteiger partial charge in [0, 0.05) is 6.54 Å². The molecule has 0 spiro atoms. The molecule has 16 heavy (non-hydrogen) atoms. The minimum atomic E-state index is -4.52. The number of para-hydroxylation sites is 2. The van der Waals surface area contributed by atoms with Gasteiger partial charge in [-0.2, -0.15) is 0 Å². The first kappa shape index (κ1) is 11.1. The molecule has 0 atom stereocenters. The zero-order valence-electron chi connectivity index (χ0n) is 8.75. The van der Waals surface area contributed by atoms with E-state index in [1.54, 1.807) is 24.3 Å². The molecule has 0 aliphatic rings. The van der Waals surface area contributed by atoms with Crippen molar-refractivity contribution in [2.45, 2.75) is 25.0 Å². The first-order valence-electron chi connectivity index (χ1n) is 4.95. The Labute approximate surface area is 93.5 Å². The fourth-order valence-corrected chi connectivity index (χ4v) is 2.35. The number of fused-ring (bicyclic) bond motifs is 1. The largest absolute Gasteiger partial charge is 0.742 e. The number of hydrogen-bond acceptors (Lipinski definition) is 4. The maximum absolute atomic E-state index is 11.1. The van der Waals surface area contributed by atoms with E-state index in [0.717, 1.165) is 6.42 Å². The summed E-state index contributed by atoms with van der Waals surface area (Å²) in [6, 6.07) is 6.99. The molecular weight excluding hydrogens is 228 g/mol. The molecule has 86 valence electrons. The van der Waals surface area contributed by atoms with Crippen molar-refractivity contribution >= 4 is 21.2 Å². The Hall–Kier alpha value is -1.40. The van der Waals surface area contributed by atoms with Crippen LogP contribution in [0.15, 0.2) is 29.4 Å². The standard InChI is InChI=1S/C10H12N2O3S/c1-2-7-12-9-6-4-3-5-8(9)11-10(12)16(13,14)15/h3-6H,2,7H2,1H3,(H,13,14,15)/p-1. The average Bonchev–Trinajstić information content (AvgIpc) is 2.58. The van der Waals surface area contributed by atoms with Crippen molar-refractivity contribution in [1.82, 2.24) is 9.55 Å². The van der Waals surface area contributed by atoms with Crippen molar-refractivity contribution in [3.63, 3.8) is 0 Å². The van der Waals surface area contributed by atoms with Gasteiger partial charge < -0.3 is 9.12 Å². The Morgan fingerprint density at radius 2 is 2.06 bits per heavy atom. The number of aryl methyl sites for hydroxylation is 1. The molecule has 1 aromatic carbocycles. The molecule has 1 heterocycles. The smallest absolute Gasteiger partial charge is 0.215 e. The third-order valence-electron chi connectivity index (χ3n) is 2.29. The SMILES string of the molecule is CCCn1c(S(=O)(=O)[O-])nc2ccccc21. The predicted molar refractivity (Wildman–Crippen MR) is 58.0 cm³/mol. The van der Waals surface area contributed by atoms with Gasteiger partial charge in [-0.3, -0.25) is 0 Å². The van der Waals surface area contributed by atoms with Gasteiger partial charge >= 0.3 is 0 Å². The molecule has 1 aromatic heterocycles. The molecule has 0 amide bonds. The van der Waals surface area contributed by atoms with Crippen molar-refractivity contribution in [2.24, 2.45) is 0 Å². The van der Waals surface area contributed by atoms with Crippen LogP contribution < -0.4 is 0 Å². The van der Waals surface area contributed by atoms with E-state index >= 15 is 0 Å². The van der Waals surface area contributed by atoms with E-state index in [0.29, 0.717) is 17.6 Å². The third-order valence-corrected chi connectivity index (χ3v) is 3.05. The van der Waals surface area contributed by atoms with Gasteiger partial charge in [-0.15, -0.1) is 0 Å². The third kappa shape index (κ3) is 1.81. The highest BCUT2D eigenvalue weighted by Gasteiger charge is 2.14. The van der Waals surface area contributed by atoms with Crippen LogP contribution in [0.25, 0.3) is 11.0 Å². The van der Waals surface area contributed by atoms with Crippen LogP contribution in [0.5, 0.6) is 0 Å². The summed E-state index contributed by atoms with van der Waals surface area (Å²) in [6.07, 6.45) is 0.739. The van der Waals surface area contributed by atoms with E-state index in [9.17, 15) is 13.0 Å². The summed E-state index contributed by atoms with van der Waals surface area (Å²) in [5.41, 5.74) is 1.21. The summed E-state index contributed by atoms with van der Waals surface area (Å²) in [7, 11) is -4.52. The van der Waals surface area contributed by atoms with Gasteiger partial charge in [0.05, 0.1) is 11.0 Å². The first-order valence-corrected chi connectivity index (χ1v) is 6.36. The topological polar surface area (TPSA) is 75.0 Å². The van der Waals surface area contributed by atoms with Crippen LogP contribution in [-0.4, -0.2) is 22.5 Å². The van der Waals surface area contributed by atoms with E-state index in [-0.39, 0.29) is 0 Å². The summed E-state index contributed by atoms with van der Waals surface area (Å²) in [5, 5.41) is -0.393. The fraction of sp³-hybridized carbons (Fsp3) is 0.300. The van der Waals surface area contributed by atoms with Crippen molar-refractivity contribution < 1.29 is 13.0 Å². The van der Waals surface area contributed by atoms with Crippen LogP contribution in [-0.2, 0) is 16.7 Å². The van der Waals surface area contributed by atoms with E-state index in [2.05, 4.69) is 4.98 Å². The Bertz CT molecular complexity index is 616. The van der Waals surface area contributed by atoms with Crippen LogP contribution in [0.4, 0.5) is 0 Å². The highest BCUT2D eigenvalue weighted by Crippen LogP contribution is 2.19. The predicted octanol–water partition coefficient (Wildman–Crippen LogP) is 1.35. The minimum absolute atomic E-state index is 0.393. The first-order chi connectivity index (χ1) is 7.54. The summed E-state index contributed by atoms with van der Waals surface area (Å²) < 4.78 is 34.6. The maximum atomic E-state index is 11.1. The highest BCUT2D eigenvalue weighted by atomic mass is 32.2. The lowest BCUT2D eigenvalue weighted by molar-refractivity contribution is 0.445. The Balaban J connectivity index is 2.78. The van der Waals surface area contributed by atoms with E-state index in [4.69, 9.17) is 0 Å². The molecule has 0 saturated carbocycles. The molecule has 0 N–H and O–H groups in total. The van der Waals surface area contributed by atoms with Gasteiger partial charge in [0.15, 0.2) is 10.1 Å². The summed E-state index contributed by atoms with van der Waals surface area (Å²) in [5.74, 6) is 0. The zero-order chi connectivity index (χ0) is 11.8. The molecule has 0 aliphatic heterocycles. The second-order valence-corrected chi connectivity index (χ2v) is 4.76. The lowest BCUT2D eigenvalue weighted by Gasteiger charge is -2.09. The van der Waals surface area contributed by atoms with Crippen LogP contribution in [0, 0.1) is 0 Å². The van der Waals surface area contributed by atoms with Crippen molar-refractivity contribution in [3.05, 3.63) is 24.3 Å². The quantitative estimate of drug-likeness (QED) is 0.758. The molecule has 2 aromatic rings. The van der Waals surface area contributed by atoms with Crippen LogP contribution >= 0.6 is 0 Å². The molecular formula is C10H11N2O3S-. The van der Waals surface area contributed by atoms with E-state index in [1.165, 1.54) is 4.57 Å². The second-order valence-electron chi connectivity index (χ2n) is 3.49. The van der Waals surface area contributed by atoms with Crippen LogP contribution in [0.3, 0.4) is 0 Å². The Kier molecular flexibility index (Phi) is 2.69. The fourth-order valence-electron chi connectivity index (χ4n) is 1.68. The highest BCUT2D eigenvalue weighted by molar-refractivity contribution is 7.85. The zero-order valence-corrected chi connectivity index (χ0v) is 9.57. The van der Waals surface area contributed by atoms with Crippen LogP contribution in [0.2, 0.25) is 0 Å². The normalized spacial score (nSPS) is 12.1. The van der Waals surface area contributed by atoms with Crippen molar-refractivity contribution in [1.29, 1.82) is 0 Å². The number of nitrogens with zero attached hydrogens (tertiary/aromatic N) is 2. The summed E-state index contributed by atoms with van der Waals surface area (Å²) in [4.78, 5) is 3.87. The second kappa shape index (κ2) is 3.88. The van der Waals surface area contributed by atoms with Crippen molar-refractivity contribution in [2.75, 3.05) is 0 Å². The molecule has 0 saturated heterocycles. The molecule has 6 heteroatoms. The lowest BCUT2D eigenvalue weighted by atomic mass is 10.3. The number of hydrogen-bond donors (Lipinski definition) is 0. The number of benzene rings is 1. The van der Waals surface area contributed by atoms with Gasteiger partial charge in [0.25, 0.3) is 0 Å². The molecule has 0 bridgehead atoms. The molecule has 2 rings (SSSR count). The van der Waals surface area contributed by atoms with Gasteiger partial charge in [-0.25, -0.2) is 13.4 Å². The van der Waals surface area contributed by atoms with Crippen molar-refractivity contribution in [3.8, 4) is 0 Å². The minimum Gasteiger partial charge on any atom is -0.742 e. The summed E-state index contributed by atoms with van der Waals surface area (Å²) >= 11 is 0.